The quantitative estimate of drug-likeness (QED) is 0.177. The van der Waals surface area contributed by atoms with E-state index in [0.717, 1.165) is 15.4 Å². The number of halogens is 1. The van der Waals surface area contributed by atoms with Crippen LogP contribution in [0.5, 0.6) is 0 Å². The molecule has 1 N–H and O–H groups in total. The first-order chi connectivity index (χ1) is 8.56. The molecule has 0 saturated carbocycles. The van der Waals surface area contributed by atoms with E-state index in [1.165, 1.54) is 0 Å². The molecule has 1 heterocycles. The number of hydrazone groups is 1. The fraction of sp³-hybridized carbons (Fsp3) is 0.0909. The van der Waals surface area contributed by atoms with Gasteiger partial charge in [0.05, 0.1) is 6.54 Å². The van der Waals surface area contributed by atoms with E-state index in [0.29, 0.717) is 0 Å². The maximum Gasteiger partial charge on any atom is 1.00 e. The van der Waals surface area contributed by atoms with Crippen molar-refractivity contribution >= 4 is 61.9 Å². The number of thiocarbonyl (C=S) groups is 1. The first kappa shape index (κ1) is 17.6. The van der Waals surface area contributed by atoms with Crippen LogP contribution in [0.15, 0.2) is 40.0 Å². The second-order valence-electron chi connectivity index (χ2n) is 3.57. The SMILES string of the molecule is [K+].[O-]/C(Cn1ccc2cc(Br)ccc21)=N\NC(=S)S. The zero-order valence-electron chi connectivity index (χ0n) is 10.1. The number of hydrogen-bond donors (Lipinski definition) is 2. The Hall–Kier alpha value is 0.586. The third kappa shape index (κ3) is 5.13. The number of thiol groups is 1. The second kappa shape index (κ2) is 8.13. The number of aromatic nitrogens is 1. The van der Waals surface area contributed by atoms with Crippen LogP contribution in [0.3, 0.4) is 0 Å². The molecule has 8 heteroatoms. The Bertz CT molecular complexity index is 629. The molecule has 0 atom stereocenters. The minimum Gasteiger partial charge on any atom is -0.859 e. The Labute approximate surface area is 172 Å². The summed E-state index contributed by atoms with van der Waals surface area (Å²) in [7, 11) is 0. The van der Waals surface area contributed by atoms with Crippen LogP contribution in [0.1, 0.15) is 0 Å². The normalized spacial score (nSPS) is 11.2. The molecule has 94 valence electrons. The van der Waals surface area contributed by atoms with E-state index >= 15 is 0 Å². The van der Waals surface area contributed by atoms with E-state index in [9.17, 15) is 5.11 Å². The van der Waals surface area contributed by atoms with Crippen LogP contribution in [-0.4, -0.2) is 14.8 Å². The van der Waals surface area contributed by atoms with Gasteiger partial charge in [0.2, 0.25) is 0 Å². The summed E-state index contributed by atoms with van der Waals surface area (Å²) >= 11 is 11.9. The molecule has 0 unspecified atom stereocenters. The number of nitrogens with zero attached hydrogens (tertiary/aromatic N) is 2. The van der Waals surface area contributed by atoms with Gasteiger partial charge in [0.15, 0.2) is 4.32 Å². The molecular weight excluding hydrogens is 373 g/mol. The molecule has 4 nitrogen and oxygen atoms in total. The molecule has 1 aromatic carbocycles. The first-order valence-electron chi connectivity index (χ1n) is 5.03. The minimum atomic E-state index is -0.313. The van der Waals surface area contributed by atoms with Crippen LogP contribution in [0.4, 0.5) is 0 Å². The number of fused-ring (bicyclic) bond motifs is 1. The van der Waals surface area contributed by atoms with Crippen molar-refractivity contribution < 1.29 is 56.5 Å². The molecule has 0 saturated heterocycles. The molecule has 0 aliphatic rings. The van der Waals surface area contributed by atoms with Gasteiger partial charge in [-0.3, -0.25) is 5.43 Å². The van der Waals surface area contributed by atoms with Gasteiger partial charge in [-0.1, -0.05) is 28.1 Å². The monoisotopic (exact) mass is 381 g/mol. The smallest absolute Gasteiger partial charge is 0.859 e. The van der Waals surface area contributed by atoms with Crippen molar-refractivity contribution in [1.29, 1.82) is 0 Å². The summed E-state index contributed by atoms with van der Waals surface area (Å²) in [5.41, 5.74) is 3.35. The maximum absolute atomic E-state index is 11.6. The summed E-state index contributed by atoms with van der Waals surface area (Å²) in [6.45, 7) is 0.161. The standard InChI is InChI=1S/C11H10BrN3OS2.K/c12-8-1-2-9-7(5-8)3-4-15(9)6-10(16)13-14-11(17)18;/h1-5H,6H2,(H,13,16)(H2,14,17,18);/q;+1/p-1. The molecule has 0 aliphatic carbocycles. The third-order valence-corrected chi connectivity index (χ3v) is 3.00. The predicted molar refractivity (Wildman–Crippen MR) is 81.8 cm³/mol. The Morgan fingerprint density at radius 3 is 2.89 bits per heavy atom. The van der Waals surface area contributed by atoms with E-state index in [2.05, 4.69) is 51.3 Å². The zero-order chi connectivity index (χ0) is 13.1. The molecule has 2 rings (SSSR count). The molecule has 0 spiro atoms. The van der Waals surface area contributed by atoms with Gasteiger partial charge in [0.1, 0.15) is 0 Å². The van der Waals surface area contributed by atoms with Gasteiger partial charge in [-0.15, -0.1) is 12.6 Å². The molecule has 0 bridgehead atoms. The van der Waals surface area contributed by atoms with E-state index in [1.807, 2.05) is 35.0 Å². The van der Waals surface area contributed by atoms with Gasteiger partial charge in [-0.25, -0.2) is 0 Å². The fourth-order valence-corrected chi connectivity index (χ4v) is 2.07. The number of benzene rings is 1. The fourth-order valence-electron chi connectivity index (χ4n) is 1.60. The van der Waals surface area contributed by atoms with E-state index in [-0.39, 0.29) is 68.1 Å². The van der Waals surface area contributed by atoms with Crippen LogP contribution in [-0.2, 0) is 6.54 Å². The van der Waals surface area contributed by atoms with Gasteiger partial charge >= 0.3 is 51.4 Å². The summed E-state index contributed by atoms with van der Waals surface area (Å²) in [4.78, 5) is 0. The molecule has 1 aromatic heterocycles. The van der Waals surface area contributed by atoms with Crippen molar-refractivity contribution in [2.24, 2.45) is 5.10 Å². The van der Waals surface area contributed by atoms with Crippen molar-refractivity contribution in [2.75, 3.05) is 0 Å². The van der Waals surface area contributed by atoms with Crippen LogP contribution in [0.2, 0.25) is 0 Å². The van der Waals surface area contributed by atoms with Gasteiger partial charge in [-0.05, 0) is 24.3 Å². The average Bonchev–Trinajstić information content (AvgIpc) is 2.69. The summed E-state index contributed by atoms with van der Waals surface area (Å²) in [5.74, 6) is -0.313. The van der Waals surface area contributed by atoms with Crippen LogP contribution in [0.25, 0.3) is 10.9 Å². The van der Waals surface area contributed by atoms with Gasteiger partial charge in [0.25, 0.3) is 0 Å². The molecule has 0 aliphatic heterocycles. The molecular formula is C11H9BrKN3OS2. The van der Waals surface area contributed by atoms with E-state index < -0.39 is 0 Å². The summed E-state index contributed by atoms with van der Waals surface area (Å²) < 4.78 is 3.01. The molecule has 0 amide bonds. The predicted octanol–water partition coefficient (Wildman–Crippen LogP) is -1.11. The van der Waals surface area contributed by atoms with Gasteiger partial charge in [-0.2, -0.15) is 5.10 Å². The Morgan fingerprint density at radius 1 is 1.47 bits per heavy atom. The van der Waals surface area contributed by atoms with E-state index in [4.69, 9.17) is 0 Å². The van der Waals surface area contributed by atoms with Gasteiger partial charge in [0, 0.05) is 27.5 Å². The zero-order valence-corrected chi connectivity index (χ0v) is 16.5. The largest absolute Gasteiger partial charge is 1.00 e. The topological polar surface area (TPSA) is 52.4 Å². The first-order valence-corrected chi connectivity index (χ1v) is 6.68. The van der Waals surface area contributed by atoms with E-state index in [1.54, 1.807) is 0 Å². The minimum absolute atomic E-state index is 0. The Balaban J connectivity index is 0.00000180. The molecule has 0 radical (unpaired) electrons. The van der Waals surface area contributed by atoms with Crippen molar-refractivity contribution in [3.05, 3.63) is 34.9 Å². The van der Waals surface area contributed by atoms with Crippen LogP contribution < -0.4 is 61.9 Å². The van der Waals surface area contributed by atoms with Crippen molar-refractivity contribution in [3.8, 4) is 0 Å². The molecule has 19 heavy (non-hydrogen) atoms. The Kier molecular flexibility index (Phi) is 7.55. The Morgan fingerprint density at radius 2 is 2.21 bits per heavy atom. The van der Waals surface area contributed by atoms with Crippen molar-refractivity contribution in [1.82, 2.24) is 9.99 Å². The van der Waals surface area contributed by atoms with Crippen LogP contribution >= 0.6 is 40.8 Å². The van der Waals surface area contributed by atoms with Crippen molar-refractivity contribution in [3.63, 3.8) is 0 Å². The summed E-state index contributed by atoms with van der Waals surface area (Å²) in [6, 6.07) is 7.82. The number of nitrogens with one attached hydrogen (secondary N) is 1. The molecule has 2 aromatic rings. The summed E-state index contributed by atoms with van der Waals surface area (Å²) in [6.07, 6.45) is 1.85. The summed E-state index contributed by atoms with van der Waals surface area (Å²) in [5, 5.41) is 16.2. The second-order valence-corrected chi connectivity index (χ2v) is 5.64. The average molecular weight is 382 g/mol. The van der Waals surface area contributed by atoms with Crippen molar-refractivity contribution in [2.45, 2.75) is 6.54 Å². The molecule has 0 fully saturated rings. The maximum atomic E-state index is 11.6. The van der Waals surface area contributed by atoms with Crippen LogP contribution in [0, 0.1) is 0 Å². The number of hydrogen-bond acceptors (Lipinski definition) is 3. The van der Waals surface area contributed by atoms with Gasteiger partial charge < -0.3 is 9.67 Å². The third-order valence-electron chi connectivity index (χ3n) is 2.31. The number of rotatable bonds is 3.